The Morgan fingerprint density at radius 1 is 1.26 bits per heavy atom. The van der Waals surface area contributed by atoms with Crippen LogP contribution in [0.4, 0.5) is 24.7 Å². The molecule has 0 unspecified atom stereocenters. The minimum absolute atomic E-state index is 0.132. The molecule has 34 heavy (non-hydrogen) atoms. The average molecular weight is 495 g/mol. The minimum Gasteiger partial charge on any atom is -0.404 e. The first-order chi connectivity index (χ1) is 16.1. The number of anilines is 2. The van der Waals surface area contributed by atoms with E-state index in [1.54, 1.807) is 13.1 Å². The van der Waals surface area contributed by atoms with Crippen molar-refractivity contribution in [3.8, 4) is 11.8 Å². The number of ether oxygens (including phenoxy) is 1. The molecule has 12 heteroatoms. The van der Waals surface area contributed by atoms with Crippen molar-refractivity contribution in [1.29, 1.82) is 5.26 Å². The van der Waals surface area contributed by atoms with Gasteiger partial charge in [0.1, 0.15) is 33.5 Å². The van der Waals surface area contributed by atoms with Gasteiger partial charge in [-0.25, -0.2) is 9.97 Å². The zero-order valence-corrected chi connectivity index (χ0v) is 19.9. The Labute approximate surface area is 198 Å². The summed E-state index contributed by atoms with van der Waals surface area (Å²) in [6.07, 6.45) is -0.150. The van der Waals surface area contributed by atoms with Crippen LogP contribution in [-0.2, 0) is 7.05 Å². The first-order valence-corrected chi connectivity index (χ1v) is 11.6. The molecule has 8 nitrogen and oxygen atoms in total. The third kappa shape index (κ3) is 5.96. The zero-order chi connectivity index (χ0) is 24.9. The number of nitriles is 1. The van der Waals surface area contributed by atoms with Gasteiger partial charge < -0.3 is 19.5 Å². The Morgan fingerprint density at radius 2 is 1.97 bits per heavy atom. The predicted octanol–water partition coefficient (Wildman–Crippen LogP) is 4.58. The third-order valence-corrected chi connectivity index (χ3v) is 6.17. The maximum absolute atomic E-state index is 12.0. The minimum atomic E-state index is -4.66. The standard InChI is InChI=1S/C11H13F3N2O.C11H12N4OS/c12-11(13,14)17-9-4-5-10(15-8-9)16-6-2-1-3-7-16;1-4-13-8-7(5-12)10(16)15(3)11-9(8)14-6(2)17-11/h4-5,8H,1-3,6-7H2;13H,4H2,1-3H3. The van der Waals surface area contributed by atoms with Crippen molar-refractivity contribution in [3.63, 3.8) is 0 Å². The molecule has 1 fully saturated rings. The Balaban J connectivity index is 0.000000191. The van der Waals surface area contributed by atoms with Gasteiger partial charge in [-0.15, -0.1) is 24.5 Å². The molecule has 182 valence electrons. The normalized spacial score (nSPS) is 13.7. The summed E-state index contributed by atoms with van der Waals surface area (Å²) < 4.78 is 41.1. The molecule has 0 bridgehead atoms. The molecular formula is C22H25F3N6O2S. The number of fused-ring (bicyclic) bond motifs is 1. The van der Waals surface area contributed by atoms with Gasteiger partial charge in [-0.2, -0.15) is 5.26 Å². The number of aryl methyl sites for hydroxylation is 2. The molecule has 1 aliphatic rings. The Morgan fingerprint density at radius 3 is 2.53 bits per heavy atom. The van der Waals surface area contributed by atoms with Gasteiger partial charge >= 0.3 is 6.36 Å². The van der Waals surface area contributed by atoms with Crippen LogP contribution in [0, 0.1) is 18.3 Å². The van der Waals surface area contributed by atoms with Crippen LogP contribution in [0.2, 0.25) is 0 Å². The fraction of sp³-hybridized carbons (Fsp3) is 0.455. The number of nitrogens with one attached hydrogen (secondary N) is 1. The van der Waals surface area contributed by atoms with Crippen LogP contribution in [0.5, 0.6) is 5.75 Å². The summed E-state index contributed by atoms with van der Waals surface area (Å²) in [4.78, 5) is 23.2. The maximum atomic E-state index is 12.0. The van der Waals surface area contributed by atoms with Crippen LogP contribution in [-0.4, -0.2) is 40.5 Å². The SMILES string of the molecule is CCNc1c(C#N)c(=O)n(C)c2sc(C)nc12.FC(F)(F)Oc1ccc(N2CCCCC2)nc1. The number of piperidine rings is 1. The lowest BCUT2D eigenvalue weighted by molar-refractivity contribution is -0.274. The van der Waals surface area contributed by atoms with E-state index >= 15 is 0 Å². The second-order valence-electron chi connectivity index (χ2n) is 7.59. The van der Waals surface area contributed by atoms with E-state index in [0.717, 1.165) is 42.0 Å². The largest absolute Gasteiger partial charge is 0.573 e. The average Bonchev–Trinajstić information content (AvgIpc) is 3.20. The molecule has 1 N–H and O–H groups in total. The van der Waals surface area contributed by atoms with Crippen molar-refractivity contribution >= 4 is 33.2 Å². The maximum Gasteiger partial charge on any atom is 0.573 e. The fourth-order valence-corrected chi connectivity index (χ4v) is 4.50. The number of alkyl halides is 3. The van der Waals surface area contributed by atoms with E-state index in [-0.39, 0.29) is 16.9 Å². The number of hydrogen-bond donors (Lipinski definition) is 1. The number of nitrogens with zero attached hydrogens (tertiary/aromatic N) is 5. The molecule has 0 atom stereocenters. The molecule has 0 aromatic carbocycles. The Hall–Kier alpha value is -3.33. The van der Waals surface area contributed by atoms with Crippen molar-refractivity contribution in [2.75, 3.05) is 29.9 Å². The van der Waals surface area contributed by atoms with E-state index in [0.29, 0.717) is 23.6 Å². The van der Waals surface area contributed by atoms with Crippen LogP contribution in [0.15, 0.2) is 23.1 Å². The summed E-state index contributed by atoms with van der Waals surface area (Å²) in [6, 6.07) is 4.82. The van der Waals surface area contributed by atoms with Crippen molar-refractivity contribution in [1.82, 2.24) is 14.5 Å². The van der Waals surface area contributed by atoms with Crippen molar-refractivity contribution < 1.29 is 17.9 Å². The summed E-state index contributed by atoms with van der Waals surface area (Å²) in [5, 5.41) is 13.0. The molecule has 0 spiro atoms. The highest BCUT2D eigenvalue weighted by Crippen LogP contribution is 2.28. The van der Waals surface area contributed by atoms with Gasteiger partial charge in [0.25, 0.3) is 5.56 Å². The molecule has 0 aliphatic carbocycles. The van der Waals surface area contributed by atoms with Crippen LogP contribution in [0.25, 0.3) is 10.3 Å². The Kier molecular flexibility index (Phi) is 7.98. The number of hydrogen-bond acceptors (Lipinski definition) is 8. The number of rotatable bonds is 4. The van der Waals surface area contributed by atoms with E-state index < -0.39 is 6.36 Å². The second kappa shape index (κ2) is 10.7. The fourth-order valence-electron chi connectivity index (χ4n) is 3.62. The highest BCUT2D eigenvalue weighted by atomic mass is 32.1. The molecule has 1 saturated heterocycles. The van der Waals surface area contributed by atoms with Crippen molar-refractivity contribution in [3.05, 3.63) is 39.3 Å². The van der Waals surface area contributed by atoms with E-state index in [9.17, 15) is 18.0 Å². The summed E-state index contributed by atoms with van der Waals surface area (Å²) in [7, 11) is 1.67. The summed E-state index contributed by atoms with van der Waals surface area (Å²) in [5.41, 5.74) is 1.11. The van der Waals surface area contributed by atoms with Crippen molar-refractivity contribution in [2.24, 2.45) is 7.05 Å². The van der Waals surface area contributed by atoms with Gasteiger partial charge in [0, 0.05) is 26.7 Å². The number of pyridine rings is 2. The Bertz CT molecular complexity index is 1230. The zero-order valence-electron chi connectivity index (χ0n) is 19.1. The van der Waals surface area contributed by atoms with E-state index in [2.05, 4.69) is 24.9 Å². The van der Waals surface area contributed by atoms with Crippen LogP contribution in [0.3, 0.4) is 0 Å². The van der Waals surface area contributed by atoms with E-state index in [4.69, 9.17) is 5.26 Å². The third-order valence-electron chi connectivity index (χ3n) is 5.13. The molecule has 3 aromatic heterocycles. The summed E-state index contributed by atoms with van der Waals surface area (Å²) in [6.45, 7) is 6.27. The number of aromatic nitrogens is 3. The molecule has 0 saturated carbocycles. The van der Waals surface area contributed by atoms with Gasteiger partial charge in [0.05, 0.1) is 16.9 Å². The van der Waals surface area contributed by atoms with Crippen LogP contribution >= 0.6 is 11.3 Å². The van der Waals surface area contributed by atoms with E-state index in [1.807, 2.05) is 19.9 Å². The van der Waals surface area contributed by atoms with Gasteiger partial charge in [-0.1, -0.05) is 0 Å². The lowest BCUT2D eigenvalue weighted by Crippen LogP contribution is -2.30. The molecule has 3 aromatic rings. The lowest BCUT2D eigenvalue weighted by atomic mass is 10.1. The topological polar surface area (TPSA) is 96.1 Å². The number of thiazole rings is 1. The lowest BCUT2D eigenvalue weighted by Gasteiger charge is -2.27. The second-order valence-corrected chi connectivity index (χ2v) is 8.77. The smallest absolute Gasteiger partial charge is 0.404 e. The summed E-state index contributed by atoms with van der Waals surface area (Å²) >= 11 is 1.45. The van der Waals surface area contributed by atoms with Crippen LogP contribution in [0.1, 0.15) is 36.8 Å². The van der Waals surface area contributed by atoms with Gasteiger partial charge in [0.2, 0.25) is 0 Å². The molecule has 0 amide bonds. The monoisotopic (exact) mass is 494 g/mol. The molecule has 4 heterocycles. The first kappa shape index (κ1) is 25.3. The van der Waals surface area contributed by atoms with Gasteiger partial charge in [-0.05, 0) is 45.2 Å². The van der Waals surface area contributed by atoms with Gasteiger partial charge in [0.15, 0.2) is 0 Å². The van der Waals surface area contributed by atoms with Gasteiger partial charge in [-0.3, -0.25) is 4.79 Å². The van der Waals surface area contributed by atoms with Crippen molar-refractivity contribution in [2.45, 2.75) is 39.5 Å². The molecule has 4 rings (SSSR count). The molecule has 1 aliphatic heterocycles. The molecule has 0 radical (unpaired) electrons. The van der Waals surface area contributed by atoms with Crippen LogP contribution < -0.4 is 20.5 Å². The van der Waals surface area contributed by atoms with E-state index in [1.165, 1.54) is 28.4 Å². The predicted molar refractivity (Wildman–Crippen MR) is 125 cm³/mol. The summed E-state index contributed by atoms with van der Waals surface area (Å²) in [5.74, 6) is 0.428. The highest BCUT2D eigenvalue weighted by Gasteiger charge is 2.31. The highest BCUT2D eigenvalue weighted by molar-refractivity contribution is 7.18. The molecular weight excluding hydrogens is 469 g/mol. The first-order valence-electron chi connectivity index (χ1n) is 10.8. The number of halogens is 3. The quantitative estimate of drug-likeness (QED) is 0.567.